The Balaban J connectivity index is 1.93. The molecule has 0 unspecified atom stereocenters. The molecule has 0 saturated carbocycles. The number of fused-ring (bicyclic) bond motifs is 1. The van der Waals surface area contributed by atoms with E-state index in [1.54, 1.807) is 19.1 Å². The van der Waals surface area contributed by atoms with Crippen LogP contribution in [-0.2, 0) is 23.1 Å². The number of anilines is 1. The van der Waals surface area contributed by atoms with E-state index >= 15 is 0 Å². The second kappa shape index (κ2) is 7.98. The summed E-state index contributed by atoms with van der Waals surface area (Å²) in [6.45, 7) is 4.77. The Hall–Kier alpha value is -2.30. The third kappa shape index (κ3) is 4.57. The van der Waals surface area contributed by atoms with Crippen LogP contribution in [0.2, 0.25) is 0 Å². The van der Waals surface area contributed by atoms with E-state index in [1.807, 2.05) is 11.8 Å². The molecule has 0 atom stereocenters. The lowest BCUT2D eigenvalue weighted by molar-refractivity contribution is 0.482. The van der Waals surface area contributed by atoms with Crippen molar-refractivity contribution in [3.05, 3.63) is 62.8 Å². The number of hydrogen-bond acceptors (Lipinski definition) is 6. The number of nitrogens with zero attached hydrogens (tertiary/aromatic N) is 3. The Morgan fingerprint density at radius 2 is 1.96 bits per heavy atom. The van der Waals surface area contributed by atoms with Crippen LogP contribution in [0.3, 0.4) is 0 Å². The minimum atomic E-state index is -4.12. The van der Waals surface area contributed by atoms with Crippen molar-refractivity contribution in [1.82, 2.24) is 9.38 Å². The molecule has 0 fully saturated rings. The molecular weight excluding hydrogens is 405 g/mol. The van der Waals surface area contributed by atoms with Crippen molar-refractivity contribution in [2.24, 2.45) is 0 Å². The molecule has 3 rings (SSSR count). The van der Waals surface area contributed by atoms with Gasteiger partial charge in [0.1, 0.15) is 5.82 Å². The van der Waals surface area contributed by atoms with E-state index in [2.05, 4.69) is 4.98 Å². The van der Waals surface area contributed by atoms with E-state index in [0.29, 0.717) is 29.4 Å². The molecule has 7 nitrogen and oxygen atoms in total. The van der Waals surface area contributed by atoms with Crippen LogP contribution in [0.5, 0.6) is 0 Å². The van der Waals surface area contributed by atoms with Gasteiger partial charge in [-0.15, -0.1) is 11.3 Å². The molecule has 2 aromatic heterocycles. The molecule has 2 heterocycles. The van der Waals surface area contributed by atoms with Crippen molar-refractivity contribution >= 4 is 32.1 Å². The average molecular weight is 426 g/mol. The van der Waals surface area contributed by atoms with Gasteiger partial charge < -0.3 is 4.90 Å². The summed E-state index contributed by atoms with van der Waals surface area (Å²) < 4.78 is 45.6. The molecule has 0 radical (unpaired) electrons. The molecule has 3 aromatic rings. The summed E-state index contributed by atoms with van der Waals surface area (Å²) in [4.78, 5) is 20.4. The summed E-state index contributed by atoms with van der Waals surface area (Å²) in [5, 5.41) is 0. The maximum absolute atomic E-state index is 13.2. The zero-order valence-electron chi connectivity index (χ0n) is 15.4. The Bertz CT molecular complexity index is 1150. The molecule has 10 heteroatoms. The van der Waals surface area contributed by atoms with Gasteiger partial charge in [-0.3, -0.25) is 13.7 Å². The number of halogens is 1. The van der Waals surface area contributed by atoms with Crippen molar-refractivity contribution in [1.29, 1.82) is 0 Å². The van der Waals surface area contributed by atoms with Crippen LogP contribution >= 0.6 is 11.3 Å². The quantitative estimate of drug-likeness (QED) is 0.585. The number of rotatable bonds is 7. The zero-order valence-corrected chi connectivity index (χ0v) is 17.1. The molecule has 1 aromatic carbocycles. The largest absolute Gasteiger partial charge is 0.366 e. The predicted octanol–water partition coefficient (Wildman–Crippen LogP) is 2.66. The van der Waals surface area contributed by atoms with Gasteiger partial charge in [0, 0.05) is 35.3 Å². The van der Waals surface area contributed by atoms with Gasteiger partial charge in [0.25, 0.3) is 15.7 Å². The first-order valence-electron chi connectivity index (χ1n) is 8.64. The average Bonchev–Trinajstić information content (AvgIpc) is 2.94. The highest BCUT2D eigenvalue weighted by Gasteiger charge is 2.16. The second-order valence-corrected chi connectivity index (χ2v) is 9.09. The SMILES string of the molecule is CCN(Cc1cc(=O)n2c(CCS(=O)(=O)O)c(C)sc2n1)c1ccc(F)cc1. The number of hydrogen-bond donors (Lipinski definition) is 1. The maximum Gasteiger partial charge on any atom is 0.265 e. The predicted molar refractivity (Wildman–Crippen MR) is 107 cm³/mol. The first kappa shape index (κ1) is 20.4. The number of thiazole rings is 1. The lowest BCUT2D eigenvalue weighted by Crippen LogP contribution is -2.25. The van der Waals surface area contributed by atoms with Crippen molar-refractivity contribution in [2.45, 2.75) is 26.8 Å². The highest BCUT2D eigenvalue weighted by Crippen LogP contribution is 2.22. The van der Waals surface area contributed by atoms with Gasteiger partial charge in [-0.1, -0.05) is 0 Å². The molecule has 28 heavy (non-hydrogen) atoms. The molecule has 1 N–H and O–H groups in total. The van der Waals surface area contributed by atoms with Crippen LogP contribution < -0.4 is 10.5 Å². The van der Waals surface area contributed by atoms with Gasteiger partial charge in [-0.25, -0.2) is 9.37 Å². The second-order valence-electron chi connectivity index (χ2n) is 6.34. The normalized spacial score (nSPS) is 11.9. The zero-order chi connectivity index (χ0) is 20.5. The van der Waals surface area contributed by atoms with Crippen LogP contribution in [0, 0.1) is 12.7 Å². The van der Waals surface area contributed by atoms with Gasteiger partial charge in [-0.2, -0.15) is 8.42 Å². The smallest absolute Gasteiger partial charge is 0.265 e. The first-order valence-corrected chi connectivity index (χ1v) is 11.1. The van der Waals surface area contributed by atoms with Crippen molar-refractivity contribution in [2.75, 3.05) is 17.2 Å². The highest BCUT2D eigenvalue weighted by atomic mass is 32.2. The summed E-state index contributed by atoms with van der Waals surface area (Å²) in [7, 11) is -4.12. The van der Waals surface area contributed by atoms with E-state index in [0.717, 1.165) is 10.6 Å². The van der Waals surface area contributed by atoms with Gasteiger partial charge in [0.2, 0.25) is 0 Å². The summed E-state index contributed by atoms with van der Waals surface area (Å²) in [5.41, 5.74) is 1.62. The van der Waals surface area contributed by atoms with Crippen LogP contribution in [0.15, 0.2) is 35.1 Å². The van der Waals surface area contributed by atoms with Gasteiger partial charge in [0.15, 0.2) is 4.96 Å². The number of benzene rings is 1. The lowest BCUT2D eigenvalue weighted by atomic mass is 10.2. The number of aryl methyl sites for hydroxylation is 2. The van der Waals surface area contributed by atoms with Crippen molar-refractivity contribution in [3.8, 4) is 0 Å². The lowest BCUT2D eigenvalue weighted by Gasteiger charge is -2.22. The fraction of sp³-hybridized carbons (Fsp3) is 0.333. The van der Waals surface area contributed by atoms with E-state index < -0.39 is 15.9 Å². The standard InChI is InChI=1S/C18H20FN3O4S2/c1-3-21(15-6-4-13(19)5-7-15)11-14-10-17(23)22-16(8-9-28(24,25)26)12(2)27-18(22)20-14/h4-7,10H,3,8-9,11H2,1-2H3,(H,24,25,26). The van der Waals surface area contributed by atoms with Crippen LogP contribution in [0.1, 0.15) is 23.2 Å². The Morgan fingerprint density at radius 3 is 2.57 bits per heavy atom. The molecule has 150 valence electrons. The third-order valence-corrected chi connectivity index (χ3v) is 6.10. The Labute approximate surface area is 165 Å². The molecule has 0 amide bonds. The summed E-state index contributed by atoms with van der Waals surface area (Å²) in [6.07, 6.45) is 0.0300. The third-order valence-electron chi connectivity index (χ3n) is 4.38. The molecule has 0 aliphatic rings. The minimum Gasteiger partial charge on any atom is -0.366 e. The van der Waals surface area contributed by atoms with Crippen LogP contribution in [0.4, 0.5) is 10.1 Å². The topological polar surface area (TPSA) is 92.0 Å². The van der Waals surface area contributed by atoms with Gasteiger partial charge >= 0.3 is 0 Å². The maximum atomic E-state index is 13.2. The van der Waals surface area contributed by atoms with Gasteiger partial charge in [0.05, 0.1) is 18.0 Å². The molecule has 0 saturated heterocycles. The fourth-order valence-electron chi connectivity index (χ4n) is 3.00. The van der Waals surface area contributed by atoms with E-state index in [4.69, 9.17) is 4.55 Å². The van der Waals surface area contributed by atoms with E-state index in [-0.39, 0.29) is 17.8 Å². The molecule has 0 aliphatic heterocycles. The Morgan fingerprint density at radius 1 is 1.29 bits per heavy atom. The van der Waals surface area contributed by atoms with Gasteiger partial charge in [-0.05, 0) is 38.1 Å². The number of aromatic nitrogens is 2. The van der Waals surface area contributed by atoms with E-state index in [9.17, 15) is 17.6 Å². The Kier molecular flexibility index (Phi) is 5.82. The summed E-state index contributed by atoms with van der Waals surface area (Å²) >= 11 is 1.30. The monoisotopic (exact) mass is 425 g/mol. The molecule has 0 bridgehead atoms. The minimum absolute atomic E-state index is 0.0300. The molecule has 0 aliphatic carbocycles. The van der Waals surface area contributed by atoms with E-state index in [1.165, 1.54) is 33.9 Å². The fourth-order valence-corrected chi connectivity index (χ4v) is 4.49. The van der Waals surface area contributed by atoms with Crippen LogP contribution in [-0.4, -0.2) is 34.7 Å². The summed E-state index contributed by atoms with van der Waals surface area (Å²) in [6, 6.07) is 7.53. The van der Waals surface area contributed by atoms with Crippen molar-refractivity contribution in [3.63, 3.8) is 0 Å². The first-order chi connectivity index (χ1) is 13.2. The highest BCUT2D eigenvalue weighted by molar-refractivity contribution is 7.85. The summed E-state index contributed by atoms with van der Waals surface area (Å²) in [5.74, 6) is -0.772. The molecular formula is C18H20FN3O4S2. The molecule has 0 spiro atoms. The van der Waals surface area contributed by atoms with Crippen LogP contribution in [0.25, 0.3) is 4.96 Å². The van der Waals surface area contributed by atoms with Crippen molar-refractivity contribution < 1.29 is 17.4 Å².